The summed E-state index contributed by atoms with van der Waals surface area (Å²) in [5.41, 5.74) is 0. The largest absolute Gasteiger partial charge is 0.481 e. The topological polar surface area (TPSA) is 108 Å². The van der Waals surface area contributed by atoms with Gasteiger partial charge in [-0.25, -0.2) is 4.79 Å². The molecule has 1 saturated heterocycles. The van der Waals surface area contributed by atoms with Gasteiger partial charge in [-0.1, -0.05) is 0 Å². The summed E-state index contributed by atoms with van der Waals surface area (Å²) in [5, 5.41) is 17.5. The third kappa shape index (κ3) is 2.69. The van der Waals surface area contributed by atoms with Gasteiger partial charge in [-0.2, -0.15) is 0 Å². The van der Waals surface area contributed by atoms with E-state index in [2.05, 4.69) is 16.0 Å². The lowest BCUT2D eigenvalue weighted by molar-refractivity contribution is -0.144. The van der Waals surface area contributed by atoms with E-state index in [0.717, 1.165) is 25.7 Å². The van der Waals surface area contributed by atoms with E-state index in [1.54, 1.807) is 0 Å². The Labute approximate surface area is 122 Å². The fraction of sp³-hybridized carbons (Fsp3) is 0.786. The van der Waals surface area contributed by atoms with E-state index in [9.17, 15) is 19.5 Å². The molecule has 0 radical (unpaired) electrons. The molecule has 1 heterocycles. The van der Waals surface area contributed by atoms with Crippen molar-refractivity contribution in [1.82, 2.24) is 16.0 Å². The van der Waals surface area contributed by atoms with Crippen molar-refractivity contribution >= 4 is 17.9 Å². The predicted molar refractivity (Wildman–Crippen MR) is 73.4 cm³/mol. The number of rotatable bonds is 3. The van der Waals surface area contributed by atoms with Gasteiger partial charge in [0.1, 0.15) is 6.04 Å². The number of nitrogens with one attached hydrogen (secondary N) is 3. The van der Waals surface area contributed by atoms with Crippen LogP contribution >= 0.6 is 0 Å². The Bertz CT molecular complexity index is 467. The van der Waals surface area contributed by atoms with Gasteiger partial charge < -0.3 is 21.1 Å². The quantitative estimate of drug-likeness (QED) is 0.590. The van der Waals surface area contributed by atoms with Crippen molar-refractivity contribution in [3.63, 3.8) is 0 Å². The zero-order valence-electron chi connectivity index (χ0n) is 11.8. The molecule has 2 aliphatic carbocycles. The molecule has 0 aromatic carbocycles. The maximum atomic E-state index is 12.1. The Kier molecular flexibility index (Phi) is 3.73. The minimum atomic E-state index is -0.831. The number of urea groups is 1. The molecule has 0 spiro atoms. The number of carbonyl (C=O) groups is 3. The van der Waals surface area contributed by atoms with Gasteiger partial charge in [0.25, 0.3) is 0 Å². The highest BCUT2D eigenvalue weighted by molar-refractivity contribution is 5.87. The summed E-state index contributed by atoms with van der Waals surface area (Å²) in [4.78, 5) is 35.1. The first kappa shape index (κ1) is 14.2. The third-order valence-corrected chi connectivity index (χ3v) is 5.09. The van der Waals surface area contributed by atoms with E-state index in [1.807, 2.05) is 0 Å². The molecule has 7 nitrogen and oxygen atoms in total. The van der Waals surface area contributed by atoms with Crippen LogP contribution in [-0.2, 0) is 9.59 Å². The third-order valence-electron chi connectivity index (χ3n) is 5.09. The van der Waals surface area contributed by atoms with Crippen LogP contribution in [0.5, 0.6) is 0 Å². The normalized spacial score (nSPS) is 37.9. The van der Waals surface area contributed by atoms with Crippen molar-refractivity contribution in [3.05, 3.63) is 0 Å². The molecule has 2 saturated carbocycles. The predicted octanol–water partition coefficient (Wildman–Crippen LogP) is 0.0635. The van der Waals surface area contributed by atoms with Crippen molar-refractivity contribution in [2.24, 2.45) is 17.8 Å². The Morgan fingerprint density at radius 2 is 1.90 bits per heavy atom. The van der Waals surface area contributed by atoms with Crippen LogP contribution in [0.4, 0.5) is 4.79 Å². The number of hydrogen-bond donors (Lipinski definition) is 4. The van der Waals surface area contributed by atoms with Crippen LogP contribution in [-0.4, -0.2) is 41.6 Å². The van der Waals surface area contributed by atoms with Gasteiger partial charge in [0.2, 0.25) is 5.91 Å². The number of aliphatic carboxylic acids is 1. The van der Waals surface area contributed by atoms with Crippen LogP contribution in [0.3, 0.4) is 0 Å². The highest BCUT2D eigenvalue weighted by atomic mass is 16.4. The van der Waals surface area contributed by atoms with Crippen molar-refractivity contribution in [3.8, 4) is 0 Å². The number of carbonyl (C=O) groups excluding carboxylic acids is 2. The van der Waals surface area contributed by atoms with Crippen molar-refractivity contribution in [2.75, 3.05) is 6.54 Å². The van der Waals surface area contributed by atoms with E-state index in [4.69, 9.17) is 0 Å². The van der Waals surface area contributed by atoms with E-state index < -0.39 is 24.0 Å². The summed E-state index contributed by atoms with van der Waals surface area (Å²) < 4.78 is 0. The first-order valence-electron chi connectivity index (χ1n) is 7.64. The van der Waals surface area contributed by atoms with Gasteiger partial charge in [0.05, 0.1) is 5.92 Å². The molecule has 1 aliphatic heterocycles. The van der Waals surface area contributed by atoms with E-state index in [1.165, 1.54) is 0 Å². The van der Waals surface area contributed by atoms with E-state index in [-0.39, 0.29) is 23.8 Å². The van der Waals surface area contributed by atoms with Crippen molar-refractivity contribution in [1.29, 1.82) is 0 Å². The molecule has 3 aliphatic rings. The summed E-state index contributed by atoms with van der Waals surface area (Å²) in [6.45, 7) is 0.645. The molecule has 5 atom stereocenters. The number of fused-ring (bicyclic) bond motifs is 2. The number of amides is 3. The fourth-order valence-electron chi connectivity index (χ4n) is 4.12. The van der Waals surface area contributed by atoms with Gasteiger partial charge in [0, 0.05) is 12.6 Å². The summed E-state index contributed by atoms with van der Waals surface area (Å²) >= 11 is 0. The van der Waals surface area contributed by atoms with Gasteiger partial charge in [-0.3, -0.25) is 9.59 Å². The van der Waals surface area contributed by atoms with Crippen molar-refractivity contribution < 1.29 is 19.5 Å². The van der Waals surface area contributed by atoms with Gasteiger partial charge in [-0.15, -0.1) is 0 Å². The Balaban J connectivity index is 1.59. The van der Waals surface area contributed by atoms with Crippen LogP contribution in [0.15, 0.2) is 0 Å². The van der Waals surface area contributed by atoms with Gasteiger partial charge in [-0.05, 0) is 43.9 Å². The Hall–Kier alpha value is -1.79. The summed E-state index contributed by atoms with van der Waals surface area (Å²) in [6, 6.07) is -1.26. The SMILES string of the molecule is O=C(NC1CCCNC1=O)NC1C2CCC(C2)C1C(=O)O. The molecule has 4 N–H and O–H groups in total. The molecule has 116 valence electrons. The Morgan fingerprint density at radius 1 is 1.14 bits per heavy atom. The van der Waals surface area contributed by atoms with Crippen molar-refractivity contribution in [2.45, 2.75) is 44.2 Å². The lowest BCUT2D eigenvalue weighted by Crippen LogP contribution is -2.56. The first-order chi connectivity index (χ1) is 10.1. The molecule has 0 aromatic heterocycles. The highest BCUT2D eigenvalue weighted by Crippen LogP contribution is 2.48. The average molecular weight is 295 g/mol. The minimum Gasteiger partial charge on any atom is -0.481 e. The molecule has 3 rings (SSSR count). The standard InChI is InChI=1S/C14H21N3O4/c18-12-9(2-1-5-15-12)16-14(21)17-11-8-4-3-7(6-8)10(11)13(19)20/h7-11H,1-6H2,(H,15,18)(H,19,20)(H2,16,17,21). The number of carboxylic acids is 1. The summed E-state index contributed by atoms with van der Waals surface area (Å²) in [5.74, 6) is -1.06. The minimum absolute atomic E-state index is 0.167. The Morgan fingerprint density at radius 3 is 2.62 bits per heavy atom. The highest BCUT2D eigenvalue weighted by Gasteiger charge is 2.51. The smallest absolute Gasteiger partial charge is 0.315 e. The fourth-order valence-corrected chi connectivity index (χ4v) is 4.12. The monoisotopic (exact) mass is 295 g/mol. The van der Waals surface area contributed by atoms with E-state index >= 15 is 0 Å². The molecular formula is C14H21N3O4. The second kappa shape index (κ2) is 5.54. The van der Waals surface area contributed by atoms with Crippen LogP contribution in [0.25, 0.3) is 0 Å². The second-order valence-electron chi connectivity index (χ2n) is 6.33. The first-order valence-corrected chi connectivity index (χ1v) is 7.64. The molecule has 7 heteroatoms. The van der Waals surface area contributed by atoms with E-state index in [0.29, 0.717) is 13.0 Å². The molecule has 3 amide bonds. The molecular weight excluding hydrogens is 274 g/mol. The second-order valence-corrected chi connectivity index (χ2v) is 6.33. The molecule has 5 unspecified atom stereocenters. The van der Waals surface area contributed by atoms with Crippen LogP contribution in [0, 0.1) is 17.8 Å². The maximum absolute atomic E-state index is 12.1. The van der Waals surface area contributed by atoms with Crippen LogP contribution < -0.4 is 16.0 Å². The number of piperidine rings is 1. The molecule has 21 heavy (non-hydrogen) atoms. The summed E-state index contributed by atoms with van der Waals surface area (Å²) in [6.07, 6.45) is 4.25. The zero-order chi connectivity index (χ0) is 15.0. The van der Waals surface area contributed by atoms with Crippen LogP contribution in [0.1, 0.15) is 32.1 Å². The number of carboxylic acid groups (broad SMARTS) is 1. The molecule has 3 fully saturated rings. The molecule has 0 aromatic rings. The lowest BCUT2D eigenvalue weighted by Gasteiger charge is -2.30. The maximum Gasteiger partial charge on any atom is 0.315 e. The van der Waals surface area contributed by atoms with Gasteiger partial charge in [0.15, 0.2) is 0 Å². The lowest BCUT2D eigenvalue weighted by atomic mass is 9.84. The number of hydrogen-bond acceptors (Lipinski definition) is 3. The van der Waals surface area contributed by atoms with Gasteiger partial charge >= 0.3 is 12.0 Å². The zero-order valence-corrected chi connectivity index (χ0v) is 11.8. The molecule has 2 bridgehead atoms. The summed E-state index contributed by atoms with van der Waals surface area (Å²) in [7, 11) is 0. The average Bonchev–Trinajstić information content (AvgIpc) is 3.02. The van der Waals surface area contributed by atoms with Crippen LogP contribution in [0.2, 0.25) is 0 Å².